The maximum absolute atomic E-state index is 11.5. The zero-order chi connectivity index (χ0) is 14.9. The lowest BCUT2D eigenvalue weighted by Gasteiger charge is -2.33. The second-order valence-electron chi connectivity index (χ2n) is 5.08. The van der Waals surface area contributed by atoms with Crippen LogP contribution in [0.2, 0.25) is 0 Å². The number of nitrogens with zero attached hydrogens (tertiary/aromatic N) is 2. The molecule has 1 aliphatic rings. The van der Waals surface area contributed by atoms with Crippen molar-refractivity contribution in [3.05, 3.63) is 33.9 Å². The first-order valence-corrected chi connectivity index (χ1v) is 8.08. The van der Waals surface area contributed by atoms with Gasteiger partial charge in [-0.1, -0.05) is 6.07 Å². The highest BCUT2D eigenvalue weighted by molar-refractivity contribution is 7.91. The Balaban J connectivity index is 2.15. The van der Waals surface area contributed by atoms with Crippen LogP contribution in [0.15, 0.2) is 18.2 Å². The highest BCUT2D eigenvalue weighted by atomic mass is 32.2. The number of sulfone groups is 1. The number of nitrogen functional groups attached to an aromatic ring is 1. The van der Waals surface area contributed by atoms with Crippen molar-refractivity contribution in [2.45, 2.75) is 19.5 Å². The average Bonchev–Trinajstić information content (AvgIpc) is 2.34. The highest BCUT2D eigenvalue weighted by Crippen LogP contribution is 2.24. The maximum atomic E-state index is 11.5. The Kier molecular flexibility index (Phi) is 3.96. The van der Waals surface area contributed by atoms with Crippen LogP contribution in [-0.4, -0.2) is 42.3 Å². The minimum atomic E-state index is -2.96. The minimum absolute atomic E-state index is 0.0923. The van der Waals surface area contributed by atoms with Crippen LogP contribution < -0.4 is 5.73 Å². The first kappa shape index (κ1) is 14.7. The van der Waals surface area contributed by atoms with Crippen LogP contribution in [0.3, 0.4) is 0 Å². The van der Waals surface area contributed by atoms with Gasteiger partial charge in [-0.15, -0.1) is 0 Å². The van der Waals surface area contributed by atoms with Crippen molar-refractivity contribution in [1.29, 1.82) is 0 Å². The number of nitro groups is 1. The van der Waals surface area contributed by atoms with Gasteiger partial charge in [-0.25, -0.2) is 8.42 Å². The summed E-state index contributed by atoms with van der Waals surface area (Å²) in [5, 5.41) is 10.8. The monoisotopic (exact) mass is 299 g/mol. The van der Waals surface area contributed by atoms with Crippen LogP contribution in [-0.2, 0) is 16.4 Å². The van der Waals surface area contributed by atoms with E-state index in [4.69, 9.17) is 5.73 Å². The largest absolute Gasteiger partial charge is 0.393 e. The van der Waals surface area contributed by atoms with Crippen molar-refractivity contribution in [1.82, 2.24) is 4.90 Å². The van der Waals surface area contributed by atoms with Crippen molar-refractivity contribution >= 4 is 21.2 Å². The molecule has 2 N–H and O–H groups in total. The molecule has 0 radical (unpaired) electrons. The van der Waals surface area contributed by atoms with E-state index < -0.39 is 14.8 Å². The molecule has 8 heteroatoms. The maximum Gasteiger partial charge on any atom is 0.292 e. The Hall–Kier alpha value is -1.67. The molecule has 0 aromatic heterocycles. The molecule has 1 saturated heterocycles. The number of hydrogen-bond donors (Lipinski definition) is 1. The SMILES string of the molecule is CC1CS(=O)(=O)CCN1Cc1ccc(N)c([N+](=O)[O-])c1. The summed E-state index contributed by atoms with van der Waals surface area (Å²) in [4.78, 5) is 12.3. The highest BCUT2D eigenvalue weighted by Gasteiger charge is 2.28. The van der Waals surface area contributed by atoms with Gasteiger partial charge in [0.05, 0.1) is 16.4 Å². The molecule has 1 fully saturated rings. The molecule has 1 aromatic rings. The second kappa shape index (κ2) is 5.37. The van der Waals surface area contributed by atoms with Gasteiger partial charge < -0.3 is 5.73 Å². The Morgan fingerprint density at radius 2 is 2.20 bits per heavy atom. The lowest BCUT2D eigenvalue weighted by atomic mass is 10.1. The molecule has 20 heavy (non-hydrogen) atoms. The fourth-order valence-corrected chi connectivity index (χ4v) is 3.97. The van der Waals surface area contributed by atoms with Gasteiger partial charge in [0.2, 0.25) is 0 Å². The molecule has 1 aliphatic heterocycles. The van der Waals surface area contributed by atoms with E-state index in [1.165, 1.54) is 12.1 Å². The van der Waals surface area contributed by atoms with Gasteiger partial charge >= 0.3 is 0 Å². The van der Waals surface area contributed by atoms with E-state index in [0.29, 0.717) is 13.1 Å². The van der Waals surface area contributed by atoms with Gasteiger partial charge in [0, 0.05) is 25.2 Å². The van der Waals surface area contributed by atoms with Crippen LogP contribution in [0.25, 0.3) is 0 Å². The molecule has 2 rings (SSSR count). The Morgan fingerprint density at radius 1 is 1.50 bits per heavy atom. The predicted octanol–water partition coefficient (Wildman–Crippen LogP) is 0.796. The summed E-state index contributed by atoms with van der Waals surface area (Å²) >= 11 is 0. The van der Waals surface area contributed by atoms with Crippen molar-refractivity contribution in [2.24, 2.45) is 0 Å². The first-order valence-electron chi connectivity index (χ1n) is 6.26. The van der Waals surface area contributed by atoms with Crippen LogP contribution >= 0.6 is 0 Å². The molecule has 110 valence electrons. The van der Waals surface area contributed by atoms with Gasteiger partial charge in [-0.3, -0.25) is 15.0 Å². The van der Waals surface area contributed by atoms with Crippen LogP contribution in [0.1, 0.15) is 12.5 Å². The predicted molar refractivity (Wildman–Crippen MR) is 76.0 cm³/mol. The summed E-state index contributed by atoms with van der Waals surface area (Å²) in [6, 6.07) is 4.60. The van der Waals surface area contributed by atoms with Gasteiger partial charge in [-0.05, 0) is 18.6 Å². The third-order valence-corrected chi connectivity index (χ3v) is 5.28. The van der Waals surface area contributed by atoms with E-state index in [1.807, 2.05) is 11.8 Å². The molecule has 0 saturated carbocycles. The summed E-state index contributed by atoms with van der Waals surface area (Å²) in [5.74, 6) is 0.262. The molecule has 0 spiro atoms. The Labute approximate surface area is 117 Å². The molecule has 0 amide bonds. The third-order valence-electron chi connectivity index (χ3n) is 3.49. The second-order valence-corrected chi connectivity index (χ2v) is 7.31. The quantitative estimate of drug-likeness (QED) is 0.502. The minimum Gasteiger partial charge on any atom is -0.393 e. The van der Waals surface area contributed by atoms with Crippen LogP contribution in [0, 0.1) is 10.1 Å². The Morgan fingerprint density at radius 3 is 2.80 bits per heavy atom. The van der Waals surface area contributed by atoms with E-state index in [9.17, 15) is 18.5 Å². The number of hydrogen-bond acceptors (Lipinski definition) is 6. The number of anilines is 1. The lowest BCUT2D eigenvalue weighted by Crippen LogP contribution is -2.46. The van der Waals surface area contributed by atoms with Gasteiger partial charge in [-0.2, -0.15) is 0 Å². The van der Waals surface area contributed by atoms with E-state index >= 15 is 0 Å². The Bertz CT molecular complexity index is 630. The zero-order valence-corrected chi connectivity index (χ0v) is 12.0. The number of benzene rings is 1. The number of rotatable bonds is 3. The van der Waals surface area contributed by atoms with E-state index in [0.717, 1.165) is 5.56 Å². The number of nitrogens with two attached hydrogens (primary N) is 1. The van der Waals surface area contributed by atoms with Crippen LogP contribution in [0.4, 0.5) is 11.4 Å². The first-order chi connectivity index (χ1) is 9.28. The number of nitro benzene ring substituents is 1. The smallest absolute Gasteiger partial charge is 0.292 e. The summed E-state index contributed by atoms with van der Waals surface area (Å²) in [6.45, 7) is 2.78. The molecule has 1 heterocycles. The molecule has 1 aromatic carbocycles. The molecule has 0 bridgehead atoms. The molecule has 7 nitrogen and oxygen atoms in total. The molecular formula is C12H17N3O4S. The van der Waals surface area contributed by atoms with Gasteiger partial charge in [0.25, 0.3) is 5.69 Å². The summed E-state index contributed by atoms with van der Waals surface area (Å²) in [7, 11) is -2.96. The third kappa shape index (κ3) is 3.26. The molecule has 1 atom stereocenters. The van der Waals surface area contributed by atoms with Gasteiger partial charge in [0.1, 0.15) is 5.69 Å². The van der Waals surface area contributed by atoms with Crippen molar-refractivity contribution in [3.63, 3.8) is 0 Å². The van der Waals surface area contributed by atoms with Crippen LogP contribution in [0.5, 0.6) is 0 Å². The summed E-state index contributed by atoms with van der Waals surface area (Å²) in [6.07, 6.45) is 0. The topological polar surface area (TPSA) is 107 Å². The summed E-state index contributed by atoms with van der Waals surface area (Å²) in [5.41, 5.74) is 6.33. The molecule has 1 unspecified atom stereocenters. The summed E-state index contributed by atoms with van der Waals surface area (Å²) < 4.78 is 23.0. The fraction of sp³-hybridized carbons (Fsp3) is 0.500. The average molecular weight is 299 g/mol. The van der Waals surface area contributed by atoms with E-state index in [2.05, 4.69) is 0 Å². The van der Waals surface area contributed by atoms with Crippen molar-refractivity contribution in [3.8, 4) is 0 Å². The lowest BCUT2D eigenvalue weighted by molar-refractivity contribution is -0.384. The zero-order valence-electron chi connectivity index (χ0n) is 11.2. The molecule has 0 aliphatic carbocycles. The fourth-order valence-electron chi connectivity index (χ4n) is 2.35. The van der Waals surface area contributed by atoms with E-state index in [1.54, 1.807) is 6.07 Å². The van der Waals surface area contributed by atoms with Gasteiger partial charge in [0.15, 0.2) is 9.84 Å². The standard InChI is InChI=1S/C12H17N3O4S/c1-9-8-20(18,19)5-4-14(9)7-10-2-3-11(13)12(6-10)15(16)17/h2-3,6,9H,4-5,7-8,13H2,1H3. The van der Waals surface area contributed by atoms with E-state index in [-0.39, 0.29) is 28.9 Å². The van der Waals surface area contributed by atoms with Crippen molar-refractivity contribution in [2.75, 3.05) is 23.8 Å². The normalized spacial score (nSPS) is 22.6. The van der Waals surface area contributed by atoms with Crippen molar-refractivity contribution < 1.29 is 13.3 Å². The molecular weight excluding hydrogens is 282 g/mol.